The van der Waals surface area contributed by atoms with Crippen LogP contribution in [0.25, 0.3) is 0 Å². The summed E-state index contributed by atoms with van der Waals surface area (Å²) in [7, 11) is 1.78. The number of aliphatic imine (C=N–C) groups is 1. The van der Waals surface area contributed by atoms with Crippen molar-refractivity contribution in [3.05, 3.63) is 36.9 Å². The Morgan fingerprint density at radius 2 is 2.25 bits per heavy atom. The number of aryl methyl sites for hydroxylation is 1. The highest BCUT2D eigenvalue weighted by atomic mass is 79.9. The maximum absolute atomic E-state index is 4.44. The molecule has 7 heteroatoms. The predicted molar refractivity (Wildman–Crippen MR) is 90.8 cm³/mol. The molecule has 2 N–H and O–H groups in total. The molecule has 0 saturated heterocycles. The summed E-state index contributed by atoms with van der Waals surface area (Å²) in [4.78, 5) is 9.93. The molecule has 2 rings (SSSR count). The van der Waals surface area contributed by atoms with Gasteiger partial charge in [0.1, 0.15) is 0 Å². The third-order valence-corrected chi connectivity index (χ3v) is 5.07. The van der Waals surface area contributed by atoms with E-state index in [4.69, 9.17) is 0 Å². The fourth-order valence-electron chi connectivity index (χ4n) is 1.67. The van der Waals surface area contributed by atoms with Gasteiger partial charge in [0.25, 0.3) is 0 Å². The zero-order valence-electron chi connectivity index (χ0n) is 11.4. The van der Waals surface area contributed by atoms with Gasteiger partial charge in [-0.05, 0) is 35.0 Å². The van der Waals surface area contributed by atoms with Crippen molar-refractivity contribution >= 4 is 44.6 Å². The Balaban J connectivity index is 1.72. The van der Waals surface area contributed by atoms with Crippen LogP contribution in [0.5, 0.6) is 0 Å². The minimum Gasteiger partial charge on any atom is -0.356 e. The summed E-state index contributed by atoms with van der Waals surface area (Å²) in [5.41, 5.74) is 1.14. The van der Waals surface area contributed by atoms with Crippen LogP contribution in [0.3, 0.4) is 0 Å². The minimum absolute atomic E-state index is 0.783. The molecule has 108 valence electrons. The highest BCUT2D eigenvalue weighted by Crippen LogP contribution is 2.21. The molecule has 0 amide bonds. The van der Waals surface area contributed by atoms with Gasteiger partial charge >= 0.3 is 0 Å². The van der Waals surface area contributed by atoms with Gasteiger partial charge in [0.15, 0.2) is 5.96 Å². The van der Waals surface area contributed by atoms with Crippen LogP contribution < -0.4 is 10.6 Å². The lowest BCUT2D eigenvalue weighted by molar-refractivity contribution is 0.790. The van der Waals surface area contributed by atoms with E-state index < -0.39 is 0 Å². The van der Waals surface area contributed by atoms with Gasteiger partial charge in [-0.25, -0.2) is 4.98 Å². The number of guanidine groups is 1. The third-order valence-electron chi connectivity index (χ3n) is 2.62. The molecule has 0 radical (unpaired) electrons. The molecule has 2 aromatic rings. The van der Waals surface area contributed by atoms with Crippen LogP contribution in [-0.4, -0.2) is 24.5 Å². The zero-order chi connectivity index (χ0) is 14.4. The van der Waals surface area contributed by atoms with Crippen molar-refractivity contribution < 1.29 is 0 Å². The lowest BCUT2D eigenvalue weighted by atomic mass is 10.3. The minimum atomic E-state index is 0.783. The van der Waals surface area contributed by atoms with E-state index in [0.717, 1.165) is 40.0 Å². The number of hydrogen-bond acceptors (Lipinski definition) is 4. The molecule has 0 aliphatic carbocycles. The Hall–Kier alpha value is -0.920. The van der Waals surface area contributed by atoms with Gasteiger partial charge in [-0.15, -0.1) is 22.7 Å². The first kappa shape index (κ1) is 15.5. The van der Waals surface area contributed by atoms with Gasteiger partial charge in [0.05, 0.1) is 21.0 Å². The van der Waals surface area contributed by atoms with E-state index in [0.29, 0.717) is 0 Å². The van der Waals surface area contributed by atoms with Crippen molar-refractivity contribution in [3.63, 3.8) is 0 Å². The Bertz CT molecular complexity index is 576. The van der Waals surface area contributed by atoms with E-state index in [-0.39, 0.29) is 0 Å². The van der Waals surface area contributed by atoms with Crippen LogP contribution in [0, 0.1) is 6.92 Å². The number of halogens is 1. The van der Waals surface area contributed by atoms with E-state index in [9.17, 15) is 0 Å². The fraction of sp³-hybridized carbons (Fsp3) is 0.385. The number of rotatable bonds is 5. The predicted octanol–water partition coefficient (Wildman–Crippen LogP) is 3.18. The maximum Gasteiger partial charge on any atom is 0.191 e. The highest BCUT2D eigenvalue weighted by molar-refractivity contribution is 9.11. The molecular formula is C13H17BrN4S2. The number of thiazole rings is 1. The average molecular weight is 373 g/mol. The van der Waals surface area contributed by atoms with Gasteiger partial charge in [0, 0.05) is 30.3 Å². The molecule has 0 aliphatic rings. The molecule has 20 heavy (non-hydrogen) atoms. The van der Waals surface area contributed by atoms with E-state index in [1.54, 1.807) is 29.7 Å². The topological polar surface area (TPSA) is 49.3 Å². The van der Waals surface area contributed by atoms with Crippen molar-refractivity contribution in [3.8, 4) is 0 Å². The van der Waals surface area contributed by atoms with Crippen molar-refractivity contribution in [1.82, 2.24) is 15.6 Å². The summed E-state index contributed by atoms with van der Waals surface area (Å²) in [6, 6.07) is 4.16. The number of thiophene rings is 1. The van der Waals surface area contributed by atoms with Crippen LogP contribution in [0.1, 0.15) is 15.6 Å². The van der Waals surface area contributed by atoms with Crippen molar-refractivity contribution in [1.29, 1.82) is 0 Å². The summed E-state index contributed by atoms with van der Waals surface area (Å²) in [5, 5.41) is 9.83. The number of hydrogen-bond donors (Lipinski definition) is 2. The van der Waals surface area contributed by atoms with Crippen molar-refractivity contribution in [2.24, 2.45) is 4.99 Å². The molecule has 0 aromatic carbocycles. The van der Waals surface area contributed by atoms with Gasteiger partial charge < -0.3 is 10.6 Å². The summed E-state index contributed by atoms with van der Waals surface area (Å²) in [6.45, 7) is 3.64. The molecule has 0 unspecified atom stereocenters. The van der Waals surface area contributed by atoms with Crippen LogP contribution >= 0.6 is 38.6 Å². The van der Waals surface area contributed by atoms with Gasteiger partial charge in [-0.2, -0.15) is 0 Å². The Labute approximate surface area is 135 Å². The molecule has 0 saturated carbocycles. The normalized spacial score (nSPS) is 11.7. The SMILES string of the molecule is CN=C(NCCc1csc(C)n1)NCc1ccc(Br)s1. The Morgan fingerprint density at radius 3 is 2.85 bits per heavy atom. The summed E-state index contributed by atoms with van der Waals surface area (Å²) < 4.78 is 1.15. The molecule has 0 aliphatic heterocycles. The third kappa shape index (κ3) is 4.88. The molecule has 0 spiro atoms. The molecule has 0 bridgehead atoms. The number of nitrogens with one attached hydrogen (secondary N) is 2. The molecular weight excluding hydrogens is 356 g/mol. The van der Waals surface area contributed by atoms with E-state index in [2.05, 4.69) is 54.1 Å². The molecule has 4 nitrogen and oxygen atoms in total. The second-order valence-corrected chi connectivity index (χ2v) is 7.78. The Kier molecular flexibility index (Phi) is 6.00. The highest BCUT2D eigenvalue weighted by Gasteiger charge is 2.02. The first-order chi connectivity index (χ1) is 9.67. The smallest absolute Gasteiger partial charge is 0.191 e. The van der Waals surface area contributed by atoms with Gasteiger partial charge in [-0.1, -0.05) is 0 Å². The van der Waals surface area contributed by atoms with Crippen molar-refractivity contribution in [2.75, 3.05) is 13.6 Å². The zero-order valence-corrected chi connectivity index (χ0v) is 14.7. The molecule has 0 fully saturated rings. The monoisotopic (exact) mass is 372 g/mol. The second kappa shape index (κ2) is 7.75. The van der Waals surface area contributed by atoms with Crippen LogP contribution in [0.2, 0.25) is 0 Å². The molecule has 2 aromatic heterocycles. The fourth-order valence-corrected chi connectivity index (χ4v) is 3.74. The van der Waals surface area contributed by atoms with E-state index in [1.165, 1.54) is 4.88 Å². The van der Waals surface area contributed by atoms with E-state index in [1.807, 2.05) is 6.92 Å². The average Bonchev–Trinajstić information content (AvgIpc) is 3.02. The van der Waals surface area contributed by atoms with Gasteiger partial charge in [-0.3, -0.25) is 4.99 Å². The molecule has 0 atom stereocenters. The summed E-state index contributed by atoms with van der Waals surface area (Å²) in [5.74, 6) is 0.821. The lowest BCUT2D eigenvalue weighted by Gasteiger charge is -2.10. The quantitative estimate of drug-likeness (QED) is 0.625. The second-order valence-electron chi connectivity index (χ2n) is 4.17. The Morgan fingerprint density at radius 1 is 1.40 bits per heavy atom. The molecule has 2 heterocycles. The van der Waals surface area contributed by atoms with Crippen LogP contribution in [0.15, 0.2) is 26.3 Å². The van der Waals surface area contributed by atoms with E-state index >= 15 is 0 Å². The standard InChI is InChI=1S/C13H17BrN4S2/c1-9-18-10(8-19-9)5-6-16-13(15-2)17-7-11-3-4-12(14)20-11/h3-4,8H,5-7H2,1-2H3,(H2,15,16,17). The van der Waals surface area contributed by atoms with Crippen molar-refractivity contribution in [2.45, 2.75) is 19.9 Å². The first-order valence-electron chi connectivity index (χ1n) is 6.27. The lowest BCUT2D eigenvalue weighted by Crippen LogP contribution is -2.37. The summed E-state index contributed by atoms with van der Waals surface area (Å²) >= 11 is 6.88. The first-order valence-corrected chi connectivity index (χ1v) is 8.76. The van der Waals surface area contributed by atoms with Gasteiger partial charge in [0.2, 0.25) is 0 Å². The summed E-state index contributed by atoms with van der Waals surface area (Å²) in [6.07, 6.45) is 0.912. The van der Waals surface area contributed by atoms with Crippen LogP contribution in [-0.2, 0) is 13.0 Å². The van der Waals surface area contributed by atoms with Crippen LogP contribution in [0.4, 0.5) is 0 Å². The largest absolute Gasteiger partial charge is 0.356 e. The number of nitrogens with zero attached hydrogens (tertiary/aromatic N) is 2. The maximum atomic E-state index is 4.44. The number of aromatic nitrogens is 1.